The minimum absolute atomic E-state index is 0.110. The molecular formula is C17H26N2O3. The van der Waals surface area contributed by atoms with Crippen LogP contribution in [-0.2, 0) is 0 Å². The van der Waals surface area contributed by atoms with Crippen molar-refractivity contribution in [2.75, 3.05) is 20.8 Å². The van der Waals surface area contributed by atoms with Gasteiger partial charge in [0, 0.05) is 13.1 Å². The van der Waals surface area contributed by atoms with Crippen molar-refractivity contribution in [2.24, 2.45) is 0 Å². The number of rotatable bonds is 5. The van der Waals surface area contributed by atoms with Crippen LogP contribution in [0.5, 0.6) is 5.75 Å². The monoisotopic (exact) mass is 306 g/mol. The number of carbonyl (C=O) groups excluding carboxylic acids is 1. The molecule has 1 aliphatic rings. The predicted octanol–water partition coefficient (Wildman–Crippen LogP) is 2.70. The van der Waals surface area contributed by atoms with Crippen molar-refractivity contribution in [3.05, 3.63) is 29.8 Å². The van der Waals surface area contributed by atoms with Crippen LogP contribution < -0.4 is 10.1 Å². The summed E-state index contributed by atoms with van der Waals surface area (Å²) in [4.78, 5) is 14.0. The van der Waals surface area contributed by atoms with Crippen molar-refractivity contribution in [2.45, 2.75) is 44.2 Å². The van der Waals surface area contributed by atoms with Gasteiger partial charge in [0.1, 0.15) is 5.75 Å². The zero-order valence-electron chi connectivity index (χ0n) is 13.4. The third-order valence-electron chi connectivity index (χ3n) is 4.39. The van der Waals surface area contributed by atoms with E-state index in [0.29, 0.717) is 0 Å². The summed E-state index contributed by atoms with van der Waals surface area (Å²) in [5.41, 5.74) is 0.893. The highest BCUT2D eigenvalue weighted by molar-refractivity contribution is 5.74. The molecule has 122 valence electrons. The molecule has 0 unspecified atom stereocenters. The Hall–Kier alpha value is -1.75. The Labute approximate surface area is 132 Å². The molecule has 1 fully saturated rings. The van der Waals surface area contributed by atoms with Gasteiger partial charge in [-0.1, -0.05) is 31.4 Å². The summed E-state index contributed by atoms with van der Waals surface area (Å²) in [6.07, 6.45) is 5.71. The molecule has 22 heavy (non-hydrogen) atoms. The predicted molar refractivity (Wildman–Crippen MR) is 86.0 cm³/mol. The summed E-state index contributed by atoms with van der Waals surface area (Å²) >= 11 is 0. The van der Waals surface area contributed by atoms with Crippen LogP contribution in [0.2, 0.25) is 0 Å². The standard InChI is InChI=1S/C17H26N2O3/c1-19(17(21)18-14-6-4-3-5-7-14)16(12-20)13-8-10-15(22-2)11-9-13/h8-11,14,16,20H,3-7,12H2,1-2H3,(H,18,21)/t16-/m1/s1. The highest BCUT2D eigenvalue weighted by Crippen LogP contribution is 2.23. The largest absolute Gasteiger partial charge is 0.497 e. The Morgan fingerprint density at radius 1 is 1.32 bits per heavy atom. The van der Waals surface area contributed by atoms with Crippen molar-refractivity contribution in [3.8, 4) is 5.75 Å². The zero-order chi connectivity index (χ0) is 15.9. The van der Waals surface area contributed by atoms with E-state index in [1.54, 1.807) is 19.1 Å². The van der Waals surface area contributed by atoms with Crippen molar-refractivity contribution in [3.63, 3.8) is 0 Å². The fraction of sp³-hybridized carbons (Fsp3) is 0.588. The highest BCUT2D eigenvalue weighted by Gasteiger charge is 2.23. The van der Waals surface area contributed by atoms with E-state index in [0.717, 1.165) is 24.2 Å². The van der Waals surface area contributed by atoms with Crippen LogP contribution in [0.4, 0.5) is 4.79 Å². The molecule has 2 N–H and O–H groups in total. The first kappa shape index (κ1) is 16.6. The lowest BCUT2D eigenvalue weighted by Gasteiger charge is -2.30. The summed E-state index contributed by atoms with van der Waals surface area (Å²) in [6, 6.07) is 7.22. The Morgan fingerprint density at radius 3 is 2.50 bits per heavy atom. The van der Waals surface area contributed by atoms with E-state index in [1.807, 2.05) is 24.3 Å². The number of carbonyl (C=O) groups is 1. The summed E-state index contributed by atoms with van der Waals surface area (Å²) < 4.78 is 5.14. The number of nitrogens with zero attached hydrogens (tertiary/aromatic N) is 1. The van der Waals surface area contributed by atoms with Crippen LogP contribution in [0, 0.1) is 0 Å². The van der Waals surface area contributed by atoms with Gasteiger partial charge in [0.05, 0.1) is 19.8 Å². The van der Waals surface area contributed by atoms with Gasteiger partial charge in [0.15, 0.2) is 0 Å². The minimum atomic E-state index is -0.352. The fourth-order valence-electron chi connectivity index (χ4n) is 2.94. The van der Waals surface area contributed by atoms with Gasteiger partial charge in [-0.15, -0.1) is 0 Å². The maximum atomic E-state index is 12.4. The number of hydrogen-bond acceptors (Lipinski definition) is 3. The second kappa shape index (κ2) is 8.03. The van der Waals surface area contributed by atoms with E-state index in [4.69, 9.17) is 4.74 Å². The van der Waals surface area contributed by atoms with E-state index in [9.17, 15) is 9.90 Å². The molecule has 0 saturated heterocycles. The molecule has 0 heterocycles. The molecule has 0 radical (unpaired) electrons. The van der Waals surface area contributed by atoms with Gasteiger partial charge in [-0.3, -0.25) is 0 Å². The topological polar surface area (TPSA) is 61.8 Å². The molecule has 0 aromatic heterocycles. The molecule has 2 amide bonds. The van der Waals surface area contributed by atoms with E-state index < -0.39 is 0 Å². The van der Waals surface area contributed by atoms with Gasteiger partial charge in [-0.2, -0.15) is 0 Å². The molecule has 0 bridgehead atoms. The van der Waals surface area contributed by atoms with Crippen LogP contribution >= 0.6 is 0 Å². The molecule has 1 aromatic carbocycles. The molecule has 1 aliphatic carbocycles. The van der Waals surface area contributed by atoms with Gasteiger partial charge in [-0.05, 0) is 30.5 Å². The van der Waals surface area contributed by atoms with Crippen molar-refractivity contribution in [1.29, 1.82) is 0 Å². The van der Waals surface area contributed by atoms with Gasteiger partial charge in [-0.25, -0.2) is 4.79 Å². The summed E-state index contributed by atoms with van der Waals surface area (Å²) in [5.74, 6) is 0.759. The third kappa shape index (κ3) is 4.13. The molecule has 0 aliphatic heterocycles. The third-order valence-corrected chi connectivity index (χ3v) is 4.39. The second-order valence-electron chi connectivity index (χ2n) is 5.87. The van der Waals surface area contributed by atoms with Crippen LogP contribution in [0.25, 0.3) is 0 Å². The van der Waals surface area contributed by atoms with Crippen molar-refractivity contribution in [1.82, 2.24) is 10.2 Å². The maximum absolute atomic E-state index is 12.4. The first-order valence-electron chi connectivity index (χ1n) is 7.94. The molecule has 0 spiro atoms. The van der Waals surface area contributed by atoms with E-state index in [2.05, 4.69) is 5.32 Å². The number of aliphatic hydroxyl groups excluding tert-OH is 1. The molecule has 1 saturated carbocycles. The van der Waals surface area contributed by atoms with E-state index >= 15 is 0 Å². The molecule has 5 nitrogen and oxygen atoms in total. The number of nitrogens with one attached hydrogen (secondary N) is 1. The number of methoxy groups -OCH3 is 1. The smallest absolute Gasteiger partial charge is 0.317 e. The van der Waals surface area contributed by atoms with Crippen LogP contribution in [0.3, 0.4) is 0 Å². The average Bonchev–Trinajstić information content (AvgIpc) is 2.57. The second-order valence-corrected chi connectivity index (χ2v) is 5.87. The van der Waals surface area contributed by atoms with Crippen molar-refractivity contribution < 1.29 is 14.6 Å². The molecule has 2 rings (SSSR count). The maximum Gasteiger partial charge on any atom is 0.317 e. The fourth-order valence-corrected chi connectivity index (χ4v) is 2.94. The lowest BCUT2D eigenvalue weighted by Crippen LogP contribution is -2.45. The number of benzene rings is 1. The average molecular weight is 306 g/mol. The van der Waals surface area contributed by atoms with Gasteiger partial charge < -0.3 is 20.1 Å². The molecular weight excluding hydrogens is 280 g/mol. The quantitative estimate of drug-likeness (QED) is 0.879. The number of likely N-dealkylation sites (N-methyl/N-ethyl adjacent to an activating group) is 1. The van der Waals surface area contributed by atoms with E-state index in [1.165, 1.54) is 19.3 Å². The SMILES string of the molecule is COc1ccc([C@@H](CO)N(C)C(=O)NC2CCCCC2)cc1. The number of amides is 2. The van der Waals surface area contributed by atoms with Crippen LogP contribution in [0.1, 0.15) is 43.7 Å². The molecule has 5 heteroatoms. The Morgan fingerprint density at radius 2 is 1.95 bits per heavy atom. The van der Waals surface area contributed by atoms with Crippen LogP contribution in [0.15, 0.2) is 24.3 Å². The normalized spacial score (nSPS) is 16.9. The Bertz CT molecular complexity index is 469. The number of hydrogen-bond donors (Lipinski definition) is 2. The number of aliphatic hydroxyl groups is 1. The summed E-state index contributed by atoms with van der Waals surface area (Å²) in [7, 11) is 3.34. The molecule has 1 atom stereocenters. The lowest BCUT2D eigenvalue weighted by atomic mass is 9.96. The first-order chi connectivity index (χ1) is 10.7. The highest BCUT2D eigenvalue weighted by atomic mass is 16.5. The lowest BCUT2D eigenvalue weighted by molar-refractivity contribution is 0.145. The van der Waals surface area contributed by atoms with E-state index in [-0.39, 0.29) is 24.7 Å². The van der Waals surface area contributed by atoms with Gasteiger partial charge in [0.25, 0.3) is 0 Å². The number of urea groups is 1. The Kier molecular flexibility index (Phi) is 6.07. The van der Waals surface area contributed by atoms with Crippen molar-refractivity contribution >= 4 is 6.03 Å². The number of ether oxygens (including phenoxy) is 1. The van der Waals surface area contributed by atoms with Crippen LogP contribution in [-0.4, -0.2) is 42.8 Å². The zero-order valence-corrected chi connectivity index (χ0v) is 13.4. The first-order valence-corrected chi connectivity index (χ1v) is 7.94. The molecule has 1 aromatic rings. The van der Waals surface area contributed by atoms with Gasteiger partial charge in [0.2, 0.25) is 0 Å². The minimum Gasteiger partial charge on any atom is -0.497 e. The summed E-state index contributed by atoms with van der Waals surface area (Å²) in [5, 5.41) is 12.8. The van der Waals surface area contributed by atoms with Gasteiger partial charge >= 0.3 is 6.03 Å². The summed E-state index contributed by atoms with van der Waals surface area (Å²) in [6.45, 7) is -0.110. The Balaban J connectivity index is 1.99.